The summed E-state index contributed by atoms with van der Waals surface area (Å²) >= 11 is 5.29. The van der Waals surface area contributed by atoms with Crippen LogP contribution in [0, 0.1) is 0 Å². The monoisotopic (exact) mass is 287 g/mol. The molecule has 0 bridgehead atoms. The second-order valence-electron chi connectivity index (χ2n) is 2.75. The van der Waals surface area contributed by atoms with Gasteiger partial charge < -0.3 is 9.15 Å². The quantitative estimate of drug-likeness (QED) is 0.797. The summed E-state index contributed by atoms with van der Waals surface area (Å²) in [6, 6.07) is 0. The third-order valence-corrected chi connectivity index (χ3v) is 1.66. The van der Waals surface area contributed by atoms with Gasteiger partial charge in [-0.15, -0.1) is 0 Å². The maximum Gasteiger partial charge on any atom is 0.396 e. The Morgan fingerprint density at radius 3 is 2.44 bits per heavy atom. The van der Waals surface area contributed by atoms with Crippen molar-refractivity contribution in [3.05, 3.63) is 16.8 Å². The highest BCUT2D eigenvalue weighted by molar-refractivity contribution is 6.27. The molecule has 0 spiro atoms. The Morgan fingerprint density at radius 1 is 1.44 bits per heavy atom. The number of aromatic nitrogens is 1. The number of alkyl halides is 3. The molecule has 4 nitrogen and oxygen atoms in total. The second kappa shape index (κ2) is 7.25. The molecule has 0 fully saturated rings. The van der Waals surface area contributed by atoms with Crippen molar-refractivity contribution in [2.45, 2.75) is 33.4 Å². The first-order chi connectivity index (χ1) is 8.33. The molecule has 18 heavy (non-hydrogen) atoms. The third kappa shape index (κ3) is 5.39. The van der Waals surface area contributed by atoms with Gasteiger partial charge in [0.2, 0.25) is 0 Å². The summed E-state index contributed by atoms with van der Waals surface area (Å²) in [6.45, 7) is 5.54. The first kappa shape index (κ1) is 16.8. The number of oxazole rings is 1. The van der Waals surface area contributed by atoms with Crippen LogP contribution in [0.1, 0.15) is 37.0 Å². The van der Waals surface area contributed by atoms with Gasteiger partial charge >= 0.3 is 12.1 Å². The number of esters is 1. The summed E-state index contributed by atoms with van der Waals surface area (Å²) in [4.78, 5) is 14.5. The van der Waals surface area contributed by atoms with E-state index in [9.17, 15) is 18.0 Å². The summed E-state index contributed by atoms with van der Waals surface area (Å²) in [7, 11) is 0. The van der Waals surface area contributed by atoms with Crippen LogP contribution in [0.5, 0.6) is 0 Å². The molecule has 0 N–H and O–H groups in total. The van der Waals surface area contributed by atoms with Crippen molar-refractivity contribution in [2.75, 3.05) is 6.61 Å². The van der Waals surface area contributed by atoms with Crippen molar-refractivity contribution in [3.8, 4) is 0 Å². The number of carbonyl (C=O) groups is 1. The molecule has 104 valence electrons. The Labute approximate surface area is 107 Å². The van der Waals surface area contributed by atoms with Gasteiger partial charge in [0.25, 0.3) is 5.35 Å². The largest absolute Gasteiger partial charge is 0.461 e. The number of hydrogen-bond donors (Lipinski definition) is 0. The number of ether oxygens (including phenoxy) is 1. The smallest absolute Gasteiger partial charge is 0.396 e. The average Bonchev–Trinajstić information content (AvgIpc) is 2.60. The minimum absolute atomic E-state index is 0.0226. The Morgan fingerprint density at radius 2 is 2.00 bits per heavy atom. The highest BCUT2D eigenvalue weighted by Crippen LogP contribution is 2.25. The van der Waals surface area contributed by atoms with Crippen molar-refractivity contribution in [1.82, 2.24) is 4.98 Å². The molecule has 1 rings (SSSR count). The van der Waals surface area contributed by atoms with E-state index in [4.69, 9.17) is 11.6 Å². The minimum atomic E-state index is -4.51. The number of carbonyl (C=O) groups excluding carboxylic acids is 1. The van der Waals surface area contributed by atoms with Gasteiger partial charge in [-0.25, -0.2) is 4.79 Å². The Hall–Kier alpha value is -1.24. The highest BCUT2D eigenvalue weighted by atomic mass is 35.5. The summed E-state index contributed by atoms with van der Waals surface area (Å²) in [5, 5.41) is -0.526. The lowest BCUT2D eigenvalue weighted by atomic mass is 10.2. The van der Waals surface area contributed by atoms with Gasteiger partial charge in [-0.1, -0.05) is 13.8 Å². The molecular weight excluding hydrogens is 275 g/mol. The van der Waals surface area contributed by atoms with Crippen molar-refractivity contribution < 1.29 is 27.1 Å². The molecule has 0 saturated carbocycles. The van der Waals surface area contributed by atoms with E-state index in [2.05, 4.69) is 14.1 Å². The molecule has 0 aliphatic heterocycles. The molecule has 1 heterocycles. The van der Waals surface area contributed by atoms with Gasteiger partial charge in [-0.05, 0) is 18.5 Å². The fourth-order valence-corrected chi connectivity index (χ4v) is 1.16. The molecule has 1 aromatic heterocycles. The maximum atomic E-state index is 12.1. The van der Waals surface area contributed by atoms with Crippen LogP contribution < -0.4 is 0 Å². The first-order valence-corrected chi connectivity index (χ1v) is 5.60. The minimum Gasteiger partial charge on any atom is -0.461 e. The zero-order valence-corrected chi connectivity index (χ0v) is 10.9. The summed E-state index contributed by atoms with van der Waals surface area (Å²) in [5.74, 6) is -1.63. The van der Waals surface area contributed by atoms with Crippen LogP contribution in [-0.4, -0.2) is 23.7 Å². The van der Waals surface area contributed by atoms with Crippen LogP contribution in [0.2, 0.25) is 5.35 Å². The van der Waals surface area contributed by atoms with E-state index in [1.807, 2.05) is 13.8 Å². The molecular formula is C10H13ClF3NO3. The van der Waals surface area contributed by atoms with Gasteiger partial charge in [-0.3, -0.25) is 0 Å². The molecule has 0 radical (unpaired) electrons. The van der Waals surface area contributed by atoms with Crippen LogP contribution in [0.25, 0.3) is 0 Å². The van der Waals surface area contributed by atoms with Gasteiger partial charge in [0.05, 0.1) is 6.61 Å². The van der Waals surface area contributed by atoms with Gasteiger partial charge in [0, 0.05) is 0 Å². The molecule has 0 aliphatic rings. The van der Waals surface area contributed by atoms with E-state index in [1.165, 1.54) is 6.92 Å². The Balaban J connectivity index is 0.00000137. The fourth-order valence-electron chi connectivity index (χ4n) is 0.984. The molecule has 0 aromatic carbocycles. The predicted molar refractivity (Wildman–Crippen MR) is 58.6 cm³/mol. The molecule has 0 aliphatic carbocycles. The molecule has 0 amide bonds. The lowest BCUT2D eigenvalue weighted by molar-refractivity contribution is -0.130. The van der Waals surface area contributed by atoms with Crippen LogP contribution in [0.4, 0.5) is 13.2 Å². The molecule has 1 aromatic rings. The zero-order chi connectivity index (χ0) is 14.3. The van der Waals surface area contributed by atoms with Crippen LogP contribution >= 0.6 is 11.6 Å². The van der Waals surface area contributed by atoms with Gasteiger partial charge in [-0.2, -0.15) is 18.2 Å². The SMILES string of the molecule is CC.CCOC(=O)c1nc(Cl)oc1CC(F)(F)F. The van der Waals surface area contributed by atoms with Crippen LogP contribution in [-0.2, 0) is 11.2 Å². The molecule has 8 heteroatoms. The zero-order valence-electron chi connectivity index (χ0n) is 10.1. The van der Waals surface area contributed by atoms with E-state index in [1.54, 1.807) is 0 Å². The van der Waals surface area contributed by atoms with E-state index >= 15 is 0 Å². The third-order valence-electron chi connectivity index (χ3n) is 1.50. The first-order valence-electron chi connectivity index (χ1n) is 5.22. The Bertz CT molecular complexity index is 390. The fraction of sp³-hybridized carbons (Fsp3) is 0.600. The lowest BCUT2D eigenvalue weighted by Crippen LogP contribution is -2.15. The van der Waals surface area contributed by atoms with E-state index < -0.39 is 35.4 Å². The second-order valence-corrected chi connectivity index (χ2v) is 3.07. The molecule has 0 saturated heterocycles. The normalized spacial score (nSPS) is 10.6. The van der Waals surface area contributed by atoms with Crippen molar-refractivity contribution in [2.24, 2.45) is 0 Å². The molecule has 0 atom stereocenters. The van der Waals surface area contributed by atoms with Crippen molar-refractivity contribution in [1.29, 1.82) is 0 Å². The number of halogens is 4. The summed E-state index contributed by atoms with van der Waals surface area (Å²) in [6.07, 6.45) is -5.93. The van der Waals surface area contributed by atoms with Crippen LogP contribution in [0.15, 0.2) is 4.42 Å². The van der Waals surface area contributed by atoms with Crippen LogP contribution in [0.3, 0.4) is 0 Å². The topological polar surface area (TPSA) is 52.3 Å². The number of rotatable bonds is 3. The van der Waals surface area contributed by atoms with E-state index in [0.717, 1.165) is 0 Å². The maximum absolute atomic E-state index is 12.1. The van der Waals surface area contributed by atoms with Crippen molar-refractivity contribution >= 4 is 17.6 Å². The Kier molecular flexibility index (Phi) is 6.75. The summed E-state index contributed by atoms with van der Waals surface area (Å²) in [5.41, 5.74) is -0.538. The van der Waals surface area contributed by atoms with E-state index in [0.29, 0.717) is 0 Å². The lowest BCUT2D eigenvalue weighted by Gasteiger charge is -2.04. The number of hydrogen-bond acceptors (Lipinski definition) is 4. The predicted octanol–water partition coefficient (Wildman–Crippen LogP) is 3.64. The highest BCUT2D eigenvalue weighted by Gasteiger charge is 2.34. The standard InChI is InChI=1S/C8H7ClF3NO3.C2H6/c1-2-15-6(14)5-4(3-8(10,11)12)16-7(9)13-5;1-2/h2-3H2,1H3;1-2H3. The molecule has 0 unspecified atom stereocenters. The van der Waals surface area contributed by atoms with E-state index in [-0.39, 0.29) is 6.61 Å². The summed E-state index contributed by atoms with van der Waals surface area (Å²) < 4.78 is 45.3. The van der Waals surface area contributed by atoms with Gasteiger partial charge in [0.15, 0.2) is 5.69 Å². The average molecular weight is 288 g/mol. The van der Waals surface area contributed by atoms with Gasteiger partial charge in [0.1, 0.15) is 12.2 Å². The van der Waals surface area contributed by atoms with Crippen molar-refractivity contribution in [3.63, 3.8) is 0 Å². The number of nitrogens with zero attached hydrogens (tertiary/aromatic N) is 1.